The van der Waals surface area contributed by atoms with Gasteiger partial charge in [0.05, 0.1) is 0 Å². The van der Waals surface area contributed by atoms with Gasteiger partial charge in [0, 0.05) is 17.3 Å². The predicted molar refractivity (Wildman–Crippen MR) is 76.8 cm³/mol. The van der Waals surface area contributed by atoms with Crippen LogP contribution >= 0.6 is 11.3 Å². The monoisotopic (exact) mass is 251 g/mol. The zero-order valence-corrected chi connectivity index (χ0v) is 11.8. The fourth-order valence-corrected chi connectivity index (χ4v) is 3.94. The quantitative estimate of drug-likeness (QED) is 0.764. The molecule has 1 aliphatic rings. The summed E-state index contributed by atoms with van der Waals surface area (Å²) in [6.45, 7) is 4.47. The lowest BCUT2D eigenvalue weighted by Crippen LogP contribution is -2.26. The van der Waals surface area contributed by atoms with Gasteiger partial charge >= 0.3 is 0 Å². The maximum absolute atomic E-state index is 3.56. The van der Waals surface area contributed by atoms with Gasteiger partial charge in [0.1, 0.15) is 0 Å². The molecule has 1 aromatic rings. The zero-order valence-electron chi connectivity index (χ0n) is 11.0. The second-order valence-corrected chi connectivity index (χ2v) is 6.16. The molecule has 0 aliphatic heterocycles. The Balaban J connectivity index is 2.02. The summed E-state index contributed by atoms with van der Waals surface area (Å²) in [6.07, 6.45) is 8.67. The van der Waals surface area contributed by atoms with Crippen LogP contribution in [0.4, 0.5) is 0 Å². The molecule has 0 saturated heterocycles. The van der Waals surface area contributed by atoms with Crippen LogP contribution in [0.25, 0.3) is 0 Å². The van der Waals surface area contributed by atoms with Gasteiger partial charge < -0.3 is 5.32 Å². The molecule has 2 heteroatoms. The van der Waals surface area contributed by atoms with E-state index in [1.807, 2.05) is 11.3 Å². The Morgan fingerprint density at radius 1 is 1.29 bits per heavy atom. The molecule has 1 atom stereocenters. The van der Waals surface area contributed by atoms with Crippen molar-refractivity contribution in [2.75, 3.05) is 13.1 Å². The Morgan fingerprint density at radius 2 is 2.06 bits per heavy atom. The molecule has 2 rings (SSSR count). The Kier molecular flexibility index (Phi) is 5.53. The molecule has 0 bridgehead atoms. The summed E-state index contributed by atoms with van der Waals surface area (Å²) in [5.41, 5.74) is 0. The molecule has 1 aromatic heterocycles. The highest BCUT2D eigenvalue weighted by Crippen LogP contribution is 2.36. The lowest BCUT2D eigenvalue weighted by atomic mass is 9.85. The third kappa shape index (κ3) is 3.82. The highest BCUT2D eigenvalue weighted by Gasteiger charge is 2.24. The predicted octanol–water partition coefficient (Wildman–Crippen LogP) is 4.41. The van der Waals surface area contributed by atoms with E-state index in [2.05, 4.69) is 29.8 Å². The van der Waals surface area contributed by atoms with Gasteiger partial charge in [0.15, 0.2) is 0 Å². The van der Waals surface area contributed by atoms with Crippen molar-refractivity contribution in [3.8, 4) is 0 Å². The lowest BCUT2D eigenvalue weighted by molar-refractivity contribution is 0.367. The average molecular weight is 251 g/mol. The maximum Gasteiger partial charge on any atom is 0.00916 e. The van der Waals surface area contributed by atoms with Crippen molar-refractivity contribution >= 4 is 11.3 Å². The molecule has 1 nitrogen and oxygen atoms in total. The Bertz CT molecular complexity index is 286. The molecule has 0 aromatic carbocycles. The number of thiophene rings is 1. The topological polar surface area (TPSA) is 12.0 Å². The van der Waals surface area contributed by atoms with E-state index in [1.165, 1.54) is 45.1 Å². The van der Waals surface area contributed by atoms with Crippen molar-refractivity contribution in [1.29, 1.82) is 0 Å². The lowest BCUT2D eigenvalue weighted by Gasteiger charge is -2.25. The van der Waals surface area contributed by atoms with Crippen LogP contribution in [-0.4, -0.2) is 13.1 Å². The SMILES string of the molecule is CCNCC(c1cccs1)C1CCCCCC1. The number of hydrogen-bond acceptors (Lipinski definition) is 2. The molecule has 1 N–H and O–H groups in total. The van der Waals surface area contributed by atoms with Gasteiger partial charge in [-0.2, -0.15) is 0 Å². The molecular weight excluding hydrogens is 226 g/mol. The van der Waals surface area contributed by atoms with Gasteiger partial charge in [0.2, 0.25) is 0 Å². The van der Waals surface area contributed by atoms with Crippen LogP contribution in [0.15, 0.2) is 17.5 Å². The van der Waals surface area contributed by atoms with E-state index in [0.29, 0.717) is 0 Å². The molecule has 1 saturated carbocycles. The van der Waals surface area contributed by atoms with E-state index < -0.39 is 0 Å². The summed E-state index contributed by atoms with van der Waals surface area (Å²) in [7, 11) is 0. The minimum atomic E-state index is 0.757. The highest BCUT2D eigenvalue weighted by molar-refractivity contribution is 7.10. The van der Waals surface area contributed by atoms with Crippen molar-refractivity contribution < 1.29 is 0 Å². The van der Waals surface area contributed by atoms with Crippen molar-refractivity contribution in [2.24, 2.45) is 5.92 Å². The van der Waals surface area contributed by atoms with Crippen LogP contribution < -0.4 is 5.32 Å². The summed E-state index contributed by atoms with van der Waals surface area (Å²) < 4.78 is 0. The Morgan fingerprint density at radius 3 is 2.65 bits per heavy atom. The first-order valence-electron chi connectivity index (χ1n) is 7.16. The standard InChI is InChI=1S/C15H25NS/c1-2-16-12-14(15-10-7-11-17-15)13-8-5-3-4-6-9-13/h7,10-11,13-14,16H,2-6,8-9,12H2,1H3. The largest absolute Gasteiger partial charge is 0.316 e. The Labute approximate surface area is 110 Å². The van der Waals surface area contributed by atoms with Gasteiger partial charge in [-0.3, -0.25) is 0 Å². The van der Waals surface area contributed by atoms with Crippen molar-refractivity contribution in [3.05, 3.63) is 22.4 Å². The van der Waals surface area contributed by atoms with Gasteiger partial charge in [-0.25, -0.2) is 0 Å². The second-order valence-electron chi connectivity index (χ2n) is 5.18. The van der Waals surface area contributed by atoms with Crippen LogP contribution in [0.3, 0.4) is 0 Å². The van der Waals surface area contributed by atoms with Gasteiger partial charge in [-0.15, -0.1) is 11.3 Å². The molecule has 1 heterocycles. The van der Waals surface area contributed by atoms with E-state index in [4.69, 9.17) is 0 Å². The highest BCUT2D eigenvalue weighted by atomic mass is 32.1. The molecule has 1 unspecified atom stereocenters. The second kappa shape index (κ2) is 7.17. The fraction of sp³-hybridized carbons (Fsp3) is 0.733. The van der Waals surface area contributed by atoms with Crippen molar-refractivity contribution in [1.82, 2.24) is 5.32 Å². The van der Waals surface area contributed by atoms with Crippen LogP contribution in [-0.2, 0) is 0 Å². The molecule has 0 radical (unpaired) electrons. The minimum Gasteiger partial charge on any atom is -0.316 e. The summed E-state index contributed by atoms with van der Waals surface area (Å²) in [6, 6.07) is 4.53. The van der Waals surface area contributed by atoms with Crippen molar-refractivity contribution in [2.45, 2.75) is 51.4 Å². The minimum absolute atomic E-state index is 0.757. The van der Waals surface area contributed by atoms with Crippen molar-refractivity contribution in [3.63, 3.8) is 0 Å². The number of nitrogens with one attached hydrogen (secondary N) is 1. The average Bonchev–Trinajstić information content (AvgIpc) is 2.73. The van der Waals surface area contributed by atoms with E-state index in [1.54, 1.807) is 4.88 Å². The molecule has 1 fully saturated rings. The van der Waals surface area contributed by atoms with Crippen LogP contribution in [0.5, 0.6) is 0 Å². The molecule has 1 aliphatic carbocycles. The Hall–Kier alpha value is -0.340. The molecule has 17 heavy (non-hydrogen) atoms. The first kappa shape index (κ1) is 13.1. The summed E-state index contributed by atoms with van der Waals surface area (Å²) in [4.78, 5) is 1.60. The first-order valence-corrected chi connectivity index (χ1v) is 8.04. The number of rotatable bonds is 5. The molecule has 96 valence electrons. The third-order valence-corrected chi connectivity index (χ3v) is 5.00. The normalized spacial score (nSPS) is 20.1. The van der Waals surface area contributed by atoms with E-state index in [0.717, 1.165) is 18.4 Å². The van der Waals surface area contributed by atoms with Crippen LogP contribution in [0.2, 0.25) is 0 Å². The molecule has 0 amide bonds. The van der Waals surface area contributed by atoms with Gasteiger partial charge in [-0.05, 0) is 36.8 Å². The third-order valence-electron chi connectivity index (χ3n) is 3.99. The maximum atomic E-state index is 3.56. The smallest absolute Gasteiger partial charge is 0.00916 e. The first-order chi connectivity index (χ1) is 8.42. The van der Waals surface area contributed by atoms with Gasteiger partial charge in [-0.1, -0.05) is 38.7 Å². The van der Waals surface area contributed by atoms with E-state index >= 15 is 0 Å². The molecular formula is C15H25NS. The zero-order chi connectivity index (χ0) is 11.9. The van der Waals surface area contributed by atoms with Gasteiger partial charge in [0.25, 0.3) is 0 Å². The summed E-state index contributed by atoms with van der Waals surface area (Å²) in [5.74, 6) is 1.67. The fourth-order valence-electron chi connectivity index (χ4n) is 3.01. The summed E-state index contributed by atoms with van der Waals surface area (Å²) in [5, 5.41) is 5.79. The summed E-state index contributed by atoms with van der Waals surface area (Å²) >= 11 is 1.94. The van der Waals surface area contributed by atoms with Crippen LogP contribution in [0.1, 0.15) is 56.2 Å². The molecule has 0 spiro atoms. The van der Waals surface area contributed by atoms with E-state index in [9.17, 15) is 0 Å². The van der Waals surface area contributed by atoms with Crippen LogP contribution in [0, 0.1) is 5.92 Å². The number of likely N-dealkylation sites (N-methyl/N-ethyl adjacent to an activating group) is 1. The number of hydrogen-bond donors (Lipinski definition) is 1. The van der Waals surface area contributed by atoms with E-state index in [-0.39, 0.29) is 0 Å².